The van der Waals surface area contributed by atoms with Crippen LogP contribution in [0.5, 0.6) is 0 Å². The van der Waals surface area contributed by atoms with Gasteiger partial charge in [-0.2, -0.15) is 0 Å². The first-order valence-corrected chi connectivity index (χ1v) is 9.71. The monoisotopic (exact) mass is 381 g/mol. The lowest BCUT2D eigenvalue weighted by atomic mass is 10.1. The van der Waals surface area contributed by atoms with Gasteiger partial charge in [-0.1, -0.05) is 30.3 Å². The molecule has 2 heterocycles. The van der Waals surface area contributed by atoms with Crippen molar-refractivity contribution in [2.75, 3.05) is 37.6 Å². The van der Waals surface area contributed by atoms with Gasteiger partial charge in [0.05, 0.1) is 0 Å². The number of aryl methyl sites for hydroxylation is 2. The molecule has 1 aromatic heterocycles. The van der Waals surface area contributed by atoms with Crippen molar-refractivity contribution in [1.29, 1.82) is 0 Å². The molecule has 2 aromatic rings. The number of nitrogens with one attached hydrogen (secondary N) is 1. The predicted octanol–water partition coefficient (Wildman–Crippen LogP) is 1.82. The van der Waals surface area contributed by atoms with Gasteiger partial charge < -0.3 is 15.1 Å². The number of amides is 2. The number of carbonyl (C=O) groups excluding carboxylic acids is 2. The Labute approximate surface area is 165 Å². The Morgan fingerprint density at radius 2 is 1.79 bits per heavy atom. The van der Waals surface area contributed by atoms with Gasteiger partial charge in [-0.3, -0.25) is 9.59 Å². The van der Waals surface area contributed by atoms with Crippen LogP contribution in [0.1, 0.15) is 35.2 Å². The van der Waals surface area contributed by atoms with Crippen LogP contribution in [0.25, 0.3) is 0 Å². The second-order valence-corrected chi connectivity index (χ2v) is 7.00. The molecule has 0 radical (unpaired) electrons. The first kappa shape index (κ1) is 19.8. The van der Waals surface area contributed by atoms with Crippen LogP contribution < -0.4 is 10.2 Å². The van der Waals surface area contributed by atoms with E-state index in [4.69, 9.17) is 0 Å². The molecule has 1 aliphatic rings. The highest BCUT2D eigenvalue weighted by Crippen LogP contribution is 2.15. The summed E-state index contributed by atoms with van der Waals surface area (Å²) >= 11 is 0. The van der Waals surface area contributed by atoms with Gasteiger partial charge in [0, 0.05) is 45.7 Å². The fraction of sp³-hybridized carbons (Fsp3) is 0.429. The van der Waals surface area contributed by atoms with Crippen LogP contribution in [0.3, 0.4) is 0 Å². The van der Waals surface area contributed by atoms with E-state index >= 15 is 0 Å². The zero-order valence-corrected chi connectivity index (χ0v) is 16.5. The average molecular weight is 381 g/mol. The third-order valence-corrected chi connectivity index (χ3v) is 4.88. The highest BCUT2D eigenvalue weighted by atomic mass is 16.2. The third-order valence-electron chi connectivity index (χ3n) is 4.88. The smallest absolute Gasteiger partial charge is 0.270 e. The molecular formula is C21H27N5O2. The molecule has 3 rings (SSSR count). The molecule has 0 aliphatic carbocycles. The number of carbonyl (C=O) groups is 2. The van der Waals surface area contributed by atoms with Gasteiger partial charge >= 0.3 is 0 Å². The van der Waals surface area contributed by atoms with E-state index in [9.17, 15) is 9.59 Å². The molecule has 0 bridgehead atoms. The second kappa shape index (κ2) is 9.30. The Kier molecular flexibility index (Phi) is 6.57. The Bertz CT molecular complexity index is 817. The molecule has 0 unspecified atom stereocenters. The first-order chi connectivity index (χ1) is 13.5. The Morgan fingerprint density at radius 3 is 2.46 bits per heavy atom. The number of rotatable bonds is 6. The molecule has 1 N–H and O–H groups in total. The van der Waals surface area contributed by atoms with Crippen molar-refractivity contribution in [3.8, 4) is 0 Å². The SMILES string of the molecule is CC(=O)N1CCN(c2cc(C(=O)NCCCc3ccccc3)nc(C)n2)CC1. The van der Waals surface area contributed by atoms with Crippen LogP contribution in [0.4, 0.5) is 5.82 Å². The molecule has 0 saturated carbocycles. The number of anilines is 1. The lowest BCUT2D eigenvalue weighted by molar-refractivity contribution is -0.129. The van der Waals surface area contributed by atoms with Gasteiger partial charge in [0.15, 0.2) is 0 Å². The normalized spacial score (nSPS) is 14.1. The van der Waals surface area contributed by atoms with Crippen LogP contribution in [0.15, 0.2) is 36.4 Å². The van der Waals surface area contributed by atoms with E-state index in [-0.39, 0.29) is 11.8 Å². The minimum absolute atomic E-state index is 0.0917. The summed E-state index contributed by atoms with van der Waals surface area (Å²) in [6.45, 7) is 6.72. The fourth-order valence-corrected chi connectivity index (χ4v) is 3.31. The predicted molar refractivity (Wildman–Crippen MR) is 108 cm³/mol. The topological polar surface area (TPSA) is 78.4 Å². The minimum atomic E-state index is -0.179. The van der Waals surface area contributed by atoms with Crippen molar-refractivity contribution in [2.45, 2.75) is 26.7 Å². The van der Waals surface area contributed by atoms with E-state index in [1.54, 1.807) is 19.9 Å². The Morgan fingerprint density at radius 1 is 1.07 bits per heavy atom. The van der Waals surface area contributed by atoms with Crippen molar-refractivity contribution < 1.29 is 9.59 Å². The summed E-state index contributed by atoms with van der Waals surface area (Å²) in [5.74, 6) is 1.22. The molecule has 0 spiro atoms. The molecule has 1 saturated heterocycles. The van der Waals surface area contributed by atoms with Gasteiger partial charge in [0.25, 0.3) is 5.91 Å². The Balaban J connectivity index is 1.55. The third kappa shape index (κ3) is 5.28. The zero-order chi connectivity index (χ0) is 19.9. The highest BCUT2D eigenvalue weighted by molar-refractivity contribution is 5.93. The van der Waals surface area contributed by atoms with E-state index in [2.05, 4.69) is 32.3 Å². The van der Waals surface area contributed by atoms with Gasteiger partial charge in [-0.15, -0.1) is 0 Å². The summed E-state index contributed by atoms with van der Waals surface area (Å²) in [5, 5.41) is 2.95. The summed E-state index contributed by atoms with van der Waals surface area (Å²) in [6, 6.07) is 12.0. The quantitative estimate of drug-likeness (QED) is 0.772. The van der Waals surface area contributed by atoms with Crippen LogP contribution in [-0.2, 0) is 11.2 Å². The number of hydrogen-bond donors (Lipinski definition) is 1. The fourth-order valence-electron chi connectivity index (χ4n) is 3.31. The largest absolute Gasteiger partial charge is 0.353 e. The molecule has 28 heavy (non-hydrogen) atoms. The molecule has 0 atom stereocenters. The summed E-state index contributed by atoms with van der Waals surface area (Å²) in [4.78, 5) is 36.7. The first-order valence-electron chi connectivity index (χ1n) is 9.71. The summed E-state index contributed by atoms with van der Waals surface area (Å²) in [7, 11) is 0. The molecule has 7 nitrogen and oxygen atoms in total. The van der Waals surface area contributed by atoms with Crippen molar-refractivity contribution in [1.82, 2.24) is 20.2 Å². The lowest BCUT2D eigenvalue weighted by Gasteiger charge is -2.35. The lowest BCUT2D eigenvalue weighted by Crippen LogP contribution is -2.48. The Hall–Kier alpha value is -2.96. The number of piperazine rings is 1. The molecular weight excluding hydrogens is 354 g/mol. The number of nitrogens with zero attached hydrogens (tertiary/aromatic N) is 4. The molecule has 1 fully saturated rings. The number of benzene rings is 1. The standard InChI is InChI=1S/C21H27N5O2/c1-16-23-19(21(28)22-10-6-9-18-7-4-3-5-8-18)15-20(24-16)26-13-11-25(12-14-26)17(2)27/h3-5,7-8,15H,6,9-14H2,1-2H3,(H,22,28). The maximum Gasteiger partial charge on any atom is 0.270 e. The van der Waals surface area contributed by atoms with E-state index in [0.717, 1.165) is 18.7 Å². The van der Waals surface area contributed by atoms with E-state index in [1.165, 1.54) is 5.56 Å². The van der Waals surface area contributed by atoms with Gasteiger partial charge in [-0.05, 0) is 25.3 Å². The number of aromatic nitrogens is 2. The maximum absolute atomic E-state index is 12.5. The van der Waals surface area contributed by atoms with Crippen LogP contribution in [0, 0.1) is 6.92 Å². The average Bonchev–Trinajstić information content (AvgIpc) is 2.71. The van der Waals surface area contributed by atoms with Crippen LogP contribution >= 0.6 is 0 Å². The second-order valence-electron chi connectivity index (χ2n) is 7.00. The van der Waals surface area contributed by atoms with Crippen molar-refractivity contribution >= 4 is 17.6 Å². The van der Waals surface area contributed by atoms with Gasteiger partial charge in [0.2, 0.25) is 5.91 Å². The summed E-state index contributed by atoms with van der Waals surface area (Å²) in [6.07, 6.45) is 1.80. The van der Waals surface area contributed by atoms with E-state index in [0.29, 0.717) is 44.2 Å². The van der Waals surface area contributed by atoms with Gasteiger partial charge in [-0.25, -0.2) is 9.97 Å². The van der Waals surface area contributed by atoms with Crippen LogP contribution in [-0.4, -0.2) is 59.4 Å². The minimum Gasteiger partial charge on any atom is -0.353 e. The van der Waals surface area contributed by atoms with Crippen molar-refractivity contribution in [3.63, 3.8) is 0 Å². The molecule has 148 valence electrons. The zero-order valence-electron chi connectivity index (χ0n) is 16.5. The van der Waals surface area contributed by atoms with E-state index in [1.807, 2.05) is 23.1 Å². The summed E-state index contributed by atoms with van der Waals surface area (Å²) < 4.78 is 0. The van der Waals surface area contributed by atoms with E-state index < -0.39 is 0 Å². The molecule has 7 heteroatoms. The van der Waals surface area contributed by atoms with Crippen molar-refractivity contribution in [2.24, 2.45) is 0 Å². The molecule has 2 amide bonds. The number of hydrogen-bond acceptors (Lipinski definition) is 5. The highest BCUT2D eigenvalue weighted by Gasteiger charge is 2.21. The molecule has 1 aliphatic heterocycles. The van der Waals surface area contributed by atoms with Gasteiger partial charge in [0.1, 0.15) is 17.3 Å². The summed E-state index contributed by atoms with van der Waals surface area (Å²) in [5.41, 5.74) is 1.65. The van der Waals surface area contributed by atoms with Crippen LogP contribution in [0.2, 0.25) is 0 Å². The maximum atomic E-state index is 12.5. The van der Waals surface area contributed by atoms with Crippen molar-refractivity contribution in [3.05, 3.63) is 53.5 Å². The molecule has 1 aromatic carbocycles.